The van der Waals surface area contributed by atoms with Crippen molar-refractivity contribution >= 4 is 0 Å². The van der Waals surface area contributed by atoms with Crippen molar-refractivity contribution in [2.75, 3.05) is 0 Å². The Labute approximate surface area is 90.2 Å². The van der Waals surface area contributed by atoms with Gasteiger partial charge in [0, 0.05) is 0 Å². The van der Waals surface area contributed by atoms with Crippen molar-refractivity contribution in [3.05, 3.63) is 35.9 Å². The molecule has 2 saturated heterocycles. The third-order valence-corrected chi connectivity index (χ3v) is 3.54. The van der Waals surface area contributed by atoms with E-state index >= 15 is 0 Å². The zero-order valence-electron chi connectivity index (χ0n) is 9.36. The summed E-state index contributed by atoms with van der Waals surface area (Å²) in [6.07, 6.45) is 0.498. The third kappa shape index (κ3) is 1.18. The molecule has 3 rings (SSSR count). The van der Waals surface area contributed by atoms with Crippen LogP contribution >= 0.6 is 0 Å². The molecule has 2 fully saturated rings. The number of fused-ring (bicyclic) bond motifs is 1. The lowest BCUT2D eigenvalue weighted by Gasteiger charge is -2.31. The molecule has 0 aliphatic carbocycles. The van der Waals surface area contributed by atoms with Gasteiger partial charge in [0.25, 0.3) is 0 Å². The van der Waals surface area contributed by atoms with E-state index < -0.39 is 0 Å². The topological polar surface area (TPSA) is 21.8 Å². The Morgan fingerprint density at radius 1 is 1.00 bits per heavy atom. The number of hydrogen-bond donors (Lipinski definition) is 0. The second kappa shape index (κ2) is 2.63. The third-order valence-electron chi connectivity index (χ3n) is 3.54. The van der Waals surface area contributed by atoms with Gasteiger partial charge in [-0.05, 0) is 26.3 Å². The molecule has 15 heavy (non-hydrogen) atoms. The lowest BCUT2D eigenvalue weighted by atomic mass is 9.92. The maximum absolute atomic E-state index is 6.16. The minimum atomic E-state index is -0.268. The first kappa shape index (κ1) is 9.37. The van der Waals surface area contributed by atoms with Crippen LogP contribution in [0.15, 0.2) is 30.3 Å². The molecule has 0 bridgehead atoms. The second-order valence-corrected chi connectivity index (χ2v) is 5.16. The highest BCUT2D eigenvalue weighted by Gasteiger charge is 2.68. The molecule has 80 valence electrons. The average Bonchev–Trinajstić information content (AvgIpc) is 2.95. The van der Waals surface area contributed by atoms with E-state index in [2.05, 4.69) is 32.9 Å². The number of ether oxygens (including phenoxy) is 2. The SMILES string of the molecule is CC1(C)O[C@](C)(c2ccccc2)[C@H]2O[C@@H]21. The van der Waals surface area contributed by atoms with Crippen molar-refractivity contribution in [2.24, 2.45) is 0 Å². The van der Waals surface area contributed by atoms with Crippen LogP contribution in [0.25, 0.3) is 0 Å². The van der Waals surface area contributed by atoms with Gasteiger partial charge in [0.05, 0.1) is 5.60 Å². The van der Waals surface area contributed by atoms with Crippen LogP contribution in [0.3, 0.4) is 0 Å². The molecule has 1 aromatic carbocycles. The first-order valence-corrected chi connectivity index (χ1v) is 5.45. The first-order chi connectivity index (χ1) is 7.04. The van der Waals surface area contributed by atoms with Crippen LogP contribution in [0, 0.1) is 0 Å². The van der Waals surface area contributed by atoms with Crippen molar-refractivity contribution in [1.29, 1.82) is 0 Å². The molecule has 0 radical (unpaired) electrons. The van der Waals surface area contributed by atoms with Gasteiger partial charge in [-0.3, -0.25) is 0 Å². The Bertz CT molecular complexity index is 385. The van der Waals surface area contributed by atoms with Crippen LogP contribution in [0.2, 0.25) is 0 Å². The van der Waals surface area contributed by atoms with Gasteiger partial charge in [-0.15, -0.1) is 0 Å². The molecular weight excluding hydrogens is 188 g/mol. The van der Waals surface area contributed by atoms with Gasteiger partial charge in [-0.25, -0.2) is 0 Å². The van der Waals surface area contributed by atoms with Crippen LogP contribution in [-0.4, -0.2) is 17.8 Å². The molecule has 2 heteroatoms. The molecule has 2 nitrogen and oxygen atoms in total. The molecule has 0 spiro atoms. The number of benzene rings is 1. The molecule has 1 aromatic rings. The van der Waals surface area contributed by atoms with Crippen LogP contribution in [0.1, 0.15) is 26.3 Å². The van der Waals surface area contributed by atoms with E-state index in [9.17, 15) is 0 Å². The summed E-state index contributed by atoms with van der Waals surface area (Å²) in [5.41, 5.74) is 0.785. The van der Waals surface area contributed by atoms with E-state index in [1.165, 1.54) is 5.56 Å². The van der Waals surface area contributed by atoms with Gasteiger partial charge in [0.1, 0.15) is 17.8 Å². The maximum Gasteiger partial charge on any atom is 0.120 e. The molecule has 2 aliphatic rings. The van der Waals surface area contributed by atoms with E-state index in [1.54, 1.807) is 0 Å². The quantitative estimate of drug-likeness (QED) is 0.655. The minimum absolute atomic E-state index is 0.157. The zero-order chi connectivity index (χ0) is 10.7. The van der Waals surface area contributed by atoms with Gasteiger partial charge in [-0.2, -0.15) is 0 Å². The highest BCUT2D eigenvalue weighted by molar-refractivity contribution is 5.30. The number of epoxide rings is 1. The highest BCUT2D eigenvalue weighted by Crippen LogP contribution is 2.55. The molecule has 0 unspecified atom stereocenters. The normalized spacial score (nSPS) is 41.3. The standard InChI is InChI=1S/C13H16O2/c1-12(2)10-11(14-10)13(3,15-12)9-7-5-4-6-8-9/h4-8,10-11H,1-3H3/t10-,11-,13+/m0/s1. The number of rotatable bonds is 1. The van der Waals surface area contributed by atoms with Gasteiger partial charge in [-0.1, -0.05) is 30.3 Å². The van der Waals surface area contributed by atoms with Crippen molar-refractivity contribution in [2.45, 2.75) is 44.2 Å². The Hall–Kier alpha value is -0.860. The summed E-state index contributed by atoms with van der Waals surface area (Å²) in [6, 6.07) is 10.3. The fraction of sp³-hybridized carbons (Fsp3) is 0.538. The second-order valence-electron chi connectivity index (χ2n) is 5.16. The van der Waals surface area contributed by atoms with Gasteiger partial charge >= 0.3 is 0 Å². The average molecular weight is 204 g/mol. The van der Waals surface area contributed by atoms with E-state index in [0.29, 0.717) is 0 Å². The van der Waals surface area contributed by atoms with Crippen LogP contribution in [-0.2, 0) is 15.1 Å². The zero-order valence-corrected chi connectivity index (χ0v) is 9.36. The van der Waals surface area contributed by atoms with Crippen molar-refractivity contribution in [3.8, 4) is 0 Å². The molecule has 0 aromatic heterocycles. The summed E-state index contributed by atoms with van der Waals surface area (Å²) in [7, 11) is 0. The van der Waals surface area contributed by atoms with E-state index in [-0.39, 0.29) is 23.4 Å². The summed E-state index contributed by atoms with van der Waals surface area (Å²) in [4.78, 5) is 0. The predicted molar refractivity (Wildman–Crippen MR) is 57.6 cm³/mol. The largest absolute Gasteiger partial charge is 0.363 e. The summed E-state index contributed by atoms with van der Waals surface area (Å²) in [5, 5.41) is 0. The maximum atomic E-state index is 6.16. The predicted octanol–water partition coefficient (Wildman–Crippen LogP) is 2.48. The van der Waals surface area contributed by atoms with Gasteiger partial charge in [0.2, 0.25) is 0 Å². The van der Waals surface area contributed by atoms with Crippen LogP contribution in [0.4, 0.5) is 0 Å². The Kier molecular flexibility index (Phi) is 1.64. The summed E-state index contributed by atoms with van der Waals surface area (Å²) in [6.45, 7) is 6.33. The first-order valence-electron chi connectivity index (χ1n) is 5.45. The molecule has 2 heterocycles. The Balaban J connectivity index is 2.00. The molecule has 3 atom stereocenters. The highest BCUT2D eigenvalue weighted by atomic mass is 16.7. The van der Waals surface area contributed by atoms with Crippen molar-refractivity contribution in [1.82, 2.24) is 0 Å². The van der Waals surface area contributed by atoms with E-state index in [0.717, 1.165) is 0 Å². The summed E-state index contributed by atoms with van der Waals surface area (Å²) >= 11 is 0. The fourth-order valence-electron chi connectivity index (χ4n) is 2.71. The lowest BCUT2D eigenvalue weighted by Crippen LogP contribution is -2.34. The minimum Gasteiger partial charge on any atom is -0.363 e. The Morgan fingerprint density at radius 3 is 2.13 bits per heavy atom. The van der Waals surface area contributed by atoms with Crippen LogP contribution < -0.4 is 0 Å². The van der Waals surface area contributed by atoms with Crippen LogP contribution in [0.5, 0.6) is 0 Å². The smallest absolute Gasteiger partial charge is 0.120 e. The van der Waals surface area contributed by atoms with Gasteiger partial charge in [0.15, 0.2) is 0 Å². The summed E-state index contributed by atoms with van der Waals surface area (Å²) < 4.78 is 11.9. The Morgan fingerprint density at radius 2 is 1.67 bits per heavy atom. The molecule has 2 aliphatic heterocycles. The molecule has 0 saturated carbocycles. The monoisotopic (exact) mass is 204 g/mol. The fourth-order valence-corrected chi connectivity index (χ4v) is 2.71. The van der Waals surface area contributed by atoms with Gasteiger partial charge < -0.3 is 9.47 Å². The van der Waals surface area contributed by atoms with Crippen molar-refractivity contribution in [3.63, 3.8) is 0 Å². The molecule has 0 amide bonds. The van der Waals surface area contributed by atoms with E-state index in [1.807, 2.05) is 18.2 Å². The molecule has 0 N–H and O–H groups in total. The van der Waals surface area contributed by atoms with Crippen molar-refractivity contribution < 1.29 is 9.47 Å². The number of hydrogen-bond acceptors (Lipinski definition) is 2. The molecular formula is C13H16O2. The lowest BCUT2D eigenvalue weighted by molar-refractivity contribution is -0.142. The summed E-state index contributed by atoms with van der Waals surface area (Å²) in [5.74, 6) is 0. The van der Waals surface area contributed by atoms with E-state index in [4.69, 9.17) is 9.47 Å².